The van der Waals surface area contributed by atoms with Crippen molar-refractivity contribution in [3.05, 3.63) is 84.1 Å². The van der Waals surface area contributed by atoms with E-state index < -0.39 is 23.7 Å². The molecule has 0 aliphatic heterocycles. The molecule has 0 fully saturated rings. The number of hydrogen-bond donors (Lipinski definition) is 2. The van der Waals surface area contributed by atoms with Crippen molar-refractivity contribution in [3.8, 4) is 0 Å². The largest absolute Gasteiger partial charge is 0.363 e. The topological polar surface area (TPSA) is 77.6 Å². The number of nitrogens with one attached hydrogen (secondary N) is 2. The molecule has 0 saturated heterocycles. The van der Waals surface area contributed by atoms with E-state index in [1.807, 2.05) is 37.2 Å². The summed E-state index contributed by atoms with van der Waals surface area (Å²) in [7, 11) is 3.75. The second-order valence-electron chi connectivity index (χ2n) is 7.12. The summed E-state index contributed by atoms with van der Waals surface area (Å²) in [5.41, 5.74) is 0.955. The molecule has 0 spiro atoms. The van der Waals surface area contributed by atoms with Gasteiger partial charge in [0.25, 0.3) is 0 Å². The van der Waals surface area contributed by atoms with E-state index in [0.29, 0.717) is 6.42 Å². The summed E-state index contributed by atoms with van der Waals surface area (Å²) in [6.45, 7) is 0.196. The number of halogens is 2. The minimum Gasteiger partial charge on any atom is -0.363 e. The first-order chi connectivity index (χ1) is 15.3. The van der Waals surface area contributed by atoms with Crippen LogP contribution in [0, 0.1) is 11.6 Å². The molecule has 4 amide bonds. The van der Waals surface area contributed by atoms with E-state index in [0.717, 1.165) is 28.5 Å². The van der Waals surface area contributed by atoms with E-state index in [-0.39, 0.29) is 17.9 Å². The molecule has 0 unspecified atom stereocenters. The van der Waals surface area contributed by atoms with Crippen molar-refractivity contribution in [2.24, 2.45) is 0 Å². The molecule has 7 nitrogen and oxygen atoms in total. The van der Waals surface area contributed by atoms with E-state index in [1.54, 1.807) is 0 Å². The quantitative estimate of drug-likeness (QED) is 0.596. The predicted octanol–water partition coefficient (Wildman–Crippen LogP) is 4.42. The molecule has 0 aliphatic carbocycles. The number of nitrogens with zero attached hydrogens (tertiary/aromatic N) is 3. The lowest BCUT2D eigenvalue weighted by Gasteiger charge is -2.22. The van der Waals surface area contributed by atoms with E-state index in [9.17, 15) is 18.4 Å². The maximum absolute atomic E-state index is 13.8. The lowest BCUT2D eigenvalue weighted by molar-refractivity contribution is 0.239. The fraction of sp³-hybridized carbons (Fsp3) is 0.174. The summed E-state index contributed by atoms with van der Waals surface area (Å²) >= 11 is 0. The van der Waals surface area contributed by atoms with Crippen molar-refractivity contribution in [2.75, 3.05) is 35.8 Å². The Kier molecular flexibility index (Phi) is 7.33. The summed E-state index contributed by atoms with van der Waals surface area (Å²) < 4.78 is 27.2. The lowest BCUT2D eigenvalue weighted by Crippen LogP contribution is -2.46. The molecule has 2 aromatic carbocycles. The van der Waals surface area contributed by atoms with Gasteiger partial charge in [0.05, 0.1) is 5.69 Å². The Hall–Kier alpha value is -4.01. The van der Waals surface area contributed by atoms with E-state index in [1.165, 1.54) is 36.4 Å². The molecule has 0 radical (unpaired) electrons. The zero-order chi connectivity index (χ0) is 23.1. The Morgan fingerprint density at radius 2 is 1.59 bits per heavy atom. The van der Waals surface area contributed by atoms with Gasteiger partial charge in [-0.2, -0.15) is 0 Å². The number of carbonyl (C=O) groups excluding carboxylic acids is 2. The first-order valence-electron chi connectivity index (χ1n) is 9.87. The van der Waals surface area contributed by atoms with Crippen LogP contribution >= 0.6 is 0 Å². The number of hydrogen-bond acceptors (Lipinski definition) is 4. The van der Waals surface area contributed by atoms with Crippen LogP contribution in [0.3, 0.4) is 0 Å². The molecule has 2 N–H and O–H groups in total. The molecule has 3 rings (SSSR count). The van der Waals surface area contributed by atoms with Crippen LogP contribution in [0.5, 0.6) is 0 Å². The molecule has 3 aromatic rings. The lowest BCUT2D eigenvalue weighted by atomic mass is 10.2. The Morgan fingerprint density at radius 3 is 2.28 bits per heavy atom. The molecular weight excluding hydrogens is 416 g/mol. The summed E-state index contributed by atoms with van der Waals surface area (Å²) in [5, 5.41) is 5.11. The fourth-order valence-electron chi connectivity index (χ4n) is 2.92. The average Bonchev–Trinajstić information content (AvgIpc) is 2.74. The molecular formula is C23H23F2N5O2. The van der Waals surface area contributed by atoms with Gasteiger partial charge in [-0.25, -0.2) is 28.3 Å². The minimum absolute atomic E-state index is 0.0316. The number of pyridine rings is 1. The number of aromatic nitrogens is 1. The molecule has 1 heterocycles. The summed E-state index contributed by atoms with van der Waals surface area (Å²) in [6.07, 6.45) is 0.427. The highest BCUT2D eigenvalue weighted by molar-refractivity contribution is 6.17. The van der Waals surface area contributed by atoms with Crippen molar-refractivity contribution in [1.82, 2.24) is 10.3 Å². The van der Waals surface area contributed by atoms with Crippen LogP contribution in [-0.4, -0.2) is 37.7 Å². The van der Waals surface area contributed by atoms with Gasteiger partial charge in [-0.1, -0.05) is 18.2 Å². The molecule has 0 bridgehead atoms. The van der Waals surface area contributed by atoms with Gasteiger partial charge in [0.2, 0.25) is 0 Å². The van der Waals surface area contributed by atoms with Gasteiger partial charge in [0.1, 0.15) is 17.5 Å². The van der Waals surface area contributed by atoms with Crippen LogP contribution in [0.25, 0.3) is 0 Å². The zero-order valence-electron chi connectivity index (χ0n) is 17.7. The third kappa shape index (κ3) is 6.00. The Bertz CT molecular complexity index is 1110. The first kappa shape index (κ1) is 22.7. The van der Waals surface area contributed by atoms with Crippen LogP contribution in [-0.2, 0) is 6.42 Å². The van der Waals surface area contributed by atoms with E-state index >= 15 is 0 Å². The van der Waals surface area contributed by atoms with Crippen molar-refractivity contribution in [3.63, 3.8) is 0 Å². The minimum atomic E-state index is -0.855. The van der Waals surface area contributed by atoms with E-state index in [4.69, 9.17) is 0 Å². The Labute approximate surface area is 184 Å². The highest BCUT2D eigenvalue weighted by Crippen LogP contribution is 2.18. The second-order valence-corrected chi connectivity index (χ2v) is 7.12. The number of rotatable bonds is 6. The van der Waals surface area contributed by atoms with Crippen molar-refractivity contribution in [2.45, 2.75) is 6.42 Å². The Balaban J connectivity index is 1.73. The van der Waals surface area contributed by atoms with Crippen LogP contribution in [0.2, 0.25) is 0 Å². The standard InChI is InChI=1S/C23H23F2N5O2/c1-29(2)21-11-5-8-18(27-21)12-13-26-22(31)30(20-10-4-7-17(25)15-20)23(32)28-19-9-3-6-16(24)14-19/h3-11,14-15H,12-13H2,1-2H3,(H,26,31)(H,28,32). The van der Waals surface area contributed by atoms with Crippen LogP contribution in [0.1, 0.15) is 5.69 Å². The van der Waals surface area contributed by atoms with Crippen molar-refractivity contribution < 1.29 is 18.4 Å². The molecule has 1 aromatic heterocycles. The summed E-state index contributed by atoms with van der Waals surface area (Å²) in [4.78, 5) is 32.8. The third-order valence-corrected chi connectivity index (χ3v) is 4.46. The first-order valence-corrected chi connectivity index (χ1v) is 9.87. The van der Waals surface area contributed by atoms with Gasteiger partial charge >= 0.3 is 12.1 Å². The molecule has 9 heteroatoms. The molecule has 0 atom stereocenters. The number of imide groups is 1. The van der Waals surface area contributed by atoms with Crippen molar-refractivity contribution >= 4 is 29.3 Å². The fourth-order valence-corrected chi connectivity index (χ4v) is 2.92. The number of urea groups is 2. The maximum Gasteiger partial charge on any atom is 0.334 e. The predicted molar refractivity (Wildman–Crippen MR) is 120 cm³/mol. The van der Waals surface area contributed by atoms with Gasteiger partial charge in [-0.3, -0.25) is 0 Å². The van der Waals surface area contributed by atoms with E-state index in [2.05, 4.69) is 15.6 Å². The van der Waals surface area contributed by atoms with Crippen molar-refractivity contribution in [1.29, 1.82) is 0 Å². The third-order valence-electron chi connectivity index (χ3n) is 4.46. The smallest absolute Gasteiger partial charge is 0.334 e. The van der Waals surface area contributed by atoms with Crippen LogP contribution < -0.4 is 20.4 Å². The second kappa shape index (κ2) is 10.3. The summed E-state index contributed by atoms with van der Waals surface area (Å²) in [5.74, 6) is -0.370. The highest BCUT2D eigenvalue weighted by atomic mass is 19.1. The molecule has 0 saturated carbocycles. The monoisotopic (exact) mass is 439 g/mol. The van der Waals surface area contributed by atoms with Gasteiger partial charge < -0.3 is 15.5 Å². The number of amides is 4. The van der Waals surface area contributed by atoms with Gasteiger partial charge in [0, 0.05) is 38.4 Å². The summed E-state index contributed by atoms with van der Waals surface area (Å²) in [6, 6.07) is 14.3. The SMILES string of the molecule is CN(C)c1cccc(CCNC(=O)N(C(=O)Nc2cccc(F)c2)c2cccc(F)c2)n1. The van der Waals surface area contributed by atoms with Crippen LogP contribution in [0.15, 0.2) is 66.7 Å². The highest BCUT2D eigenvalue weighted by Gasteiger charge is 2.24. The molecule has 166 valence electrons. The van der Waals surface area contributed by atoms with Gasteiger partial charge in [0.15, 0.2) is 0 Å². The zero-order valence-corrected chi connectivity index (χ0v) is 17.7. The molecule has 32 heavy (non-hydrogen) atoms. The molecule has 0 aliphatic rings. The van der Waals surface area contributed by atoms with Gasteiger partial charge in [-0.05, 0) is 48.5 Å². The number of carbonyl (C=O) groups is 2. The number of anilines is 3. The average molecular weight is 439 g/mol. The van der Waals surface area contributed by atoms with Gasteiger partial charge in [-0.15, -0.1) is 0 Å². The maximum atomic E-state index is 13.8. The Morgan fingerprint density at radius 1 is 0.906 bits per heavy atom. The number of benzene rings is 2. The van der Waals surface area contributed by atoms with Crippen LogP contribution in [0.4, 0.5) is 35.6 Å². The normalized spacial score (nSPS) is 10.4.